The van der Waals surface area contributed by atoms with Gasteiger partial charge in [0.05, 0.1) is 0 Å². The Kier molecular flexibility index (Phi) is 133. The van der Waals surface area contributed by atoms with E-state index in [9.17, 15) is 0 Å². The number of aliphatic carboxylic acids is 3. The van der Waals surface area contributed by atoms with Crippen molar-refractivity contribution in [3.8, 4) is 0 Å². The Balaban J connectivity index is -0.0000000104. The molecular weight excluding hydrogens is 692 g/mol. The second-order valence-corrected chi connectivity index (χ2v) is 1.47. The first kappa shape index (κ1) is 52.0. The van der Waals surface area contributed by atoms with Gasteiger partial charge in [-0.15, -0.1) is 0 Å². The summed E-state index contributed by atoms with van der Waals surface area (Å²) in [7, 11) is 0. The minimum atomic E-state index is -1.08. The van der Waals surface area contributed by atoms with E-state index in [0.29, 0.717) is 0 Å². The fourth-order valence-electron chi connectivity index (χ4n) is 0. The summed E-state index contributed by atoms with van der Waals surface area (Å²) in [4.78, 5) is 26.7. The van der Waals surface area contributed by atoms with Crippen LogP contribution < -0.4 is 52.5 Å². The maximum absolute atomic E-state index is 8.89. The van der Waals surface area contributed by atoms with Gasteiger partial charge in [-0.2, -0.15) is 0 Å². The van der Waals surface area contributed by atoms with E-state index < -0.39 is 17.9 Å². The zero-order valence-electron chi connectivity index (χ0n) is 8.98. The van der Waals surface area contributed by atoms with Gasteiger partial charge in [0.2, 0.25) is 0 Å². The Morgan fingerprint density at radius 3 is 0.588 bits per heavy atom. The van der Waals surface area contributed by atoms with Gasteiger partial charge in [0.15, 0.2) is 0 Å². The Labute approximate surface area is 156 Å². The number of carbonyl (C=O) groups is 3. The van der Waals surface area contributed by atoms with Crippen LogP contribution in [-0.2, 0) is 14.4 Å². The van der Waals surface area contributed by atoms with E-state index in [-0.39, 0.29) is 89.6 Å². The van der Waals surface area contributed by atoms with Crippen LogP contribution in [0.4, 0.5) is 0 Å². The van der Waals surface area contributed by atoms with Crippen molar-refractivity contribution in [2.75, 3.05) is 0 Å². The maximum atomic E-state index is 8.89. The van der Waals surface area contributed by atoms with Crippen LogP contribution in [0.5, 0.6) is 0 Å². The largest absolute Gasteiger partial charge is 3.00 e. The summed E-state index contributed by atoms with van der Waals surface area (Å²) in [6.07, 6.45) is 0. The molecule has 17 heavy (non-hydrogen) atoms. The molecule has 0 aromatic carbocycles. The standard InChI is InChI=1S/3C2H4O2.2Bi.3ClH/c3*1-2(3)4;;;;;/h3*1H3,(H,3,4);;;3*1H/q;;;2*+3;;;/p-6. The predicted octanol–water partition coefficient (Wildman–Crippen LogP) is -13.5. The minimum absolute atomic E-state index is 0. The number of halogens is 3. The third-order valence-corrected chi connectivity index (χ3v) is 0. The van der Waals surface area contributed by atoms with E-state index in [1.54, 1.807) is 0 Å². The average Bonchev–Trinajstić information content (AvgIpc) is 1.54. The van der Waals surface area contributed by atoms with Gasteiger partial charge in [0, 0.05) is 17.9 Å². The monoisotopic (exact) mass is 700 g/mol. The molecule has 0 rings (SSSR count). The molecular formula is C6H9Bi2Cl3O6. The molecule has 0 aliphatic carbocycles. The van der Waals surface area contributed by atoms with E-state index in [1.165, 1.54) is 0 Å². The molecule has 0 aromatic heterocycles. The van der Waals surface area contributed by atoms with Gasteiger partial charge >= 0.3 is 52.4 Å². The molecule has 100 valence electrons. The number of carboxylic acids is 3. The summed E-state index contributed by atoms with van der Waals surface area (Å²) in [5.41, 5.74) is 0. The van der Waals surface area contributed by atoms with Gasteiger partial charge < -0.3 is 66.9 Å². The minimum Gasteiger partial charge on any atom is -1.00 e. The third kappa shape index (κ3) is 3530. The summed E-state index contributed by atoms with van der Waals surface area (Å²) >= 11 is 0. The molecule has 0 amide bonds. The van der Waals surface area contributed by atoms with Gasteiger partial charge in [-0.1, -0.05) is 0 Å². The topological polar surface area (TPSA) is 120 Å². The molecule has 0 bridgehead atoms. The molecule has 0 saturated heterocycles. The van der Waals surface area contributed by atoms with Crippen LogP contribution in [0, 0.1) is 0 Å². The van der Waals surface area contributed by atoms with Crippen LogP contribution in [0.3, 0.4) is 0 Å². The fourth-order valence-corrected chi connectivity index (χ4v) is 0. The molecule has 0 saturated carbocycles. The number of hydrogen-bond acceptors (Lipinski definition) is 6. The molecule has 0 spiro atoms. The van der Waals surface area contributed by atoms with E-state index >= 15 is 0 Å². The zero-order chi connectivity index (χ0) is 10.7. The second-order valence-electron chi connectivity index (χ2n) is 1.47. The number of carboxylic acid groups (broad SMARTS) is 3. The Bertz CT molecular complexity index is 129. The molecule has 0 unspecified atom stereocenters. The summed E-state index contributed by atoms with van der Waals surface area (Å²) in [5, 5.41) is 26.7. The predicted molar refractivity (Wildman–Crippen MR) is 43.6 cm³/mol. The van der Waals surface area contributed by atoms with Crippen LogP contribution in [0.2, 0.25) is 0 Å². The number of rotatable bonds is 0. The molecule has 0 heterocycles. The smallest absolute Gasteiger partial charge is 1.00 e. The van der Waals surface area contributed by atoms with Gasteiger partial charge in [0.25, 0.3) is 0 Å². The van der Waals surface area contributed by atoms with E-state index in [0.717, 1.165) is 20.8 Å². The van der Waals surface area contributed by atoms with E-state index in [1.807, 2.05) is 0 Å². The quantitative estimate of drug-likeness (QED) is 0.232. The van der Waals surface area contributed by atoms with E-state index in [2.05, 4.69) is 0 Å². The Hall–Kier alpha value is 1.05. The molecule has 0 aliphatic heterocycles. The van der Waals surface area contributed by atoms with Crippen molar-refractivity contribution in [3.63, 3.8) is 0 Å². The third-order valence-electron chi connectivity index (χ3n) is 0. The summed E-state index contributed by atoms with van der Waals surface area (Å²) in [6, 6.07) is 0. The first-order chi connectivity index (χ1) is 5.20. The molecule has 4 radical (unpaired) electrons. The van der Waals surface area contributed by atoms with Crippen molar-refractivity contribution in [3.05, 3.63) is 0 Å². The molecule has 0 atom stereocenters. The Morgan fingerprint density at radius 2 is 0.588 bits per heavy atom. The molecule has 0 fully saturated rings. The summed E-state index contributed by atoms with van der Waals surface area (Å²) in [6.45, 7) is 2.92. The van der Waals surface area contributed by atoms with Crippen LogP contribution in [-0.4, -0.2) is 70.3 Å². The van der Waals surface area contributed by atoms with Crippen molar-refractivity contribution >= 4 is 70.3 Å². The SMILES string of the molecule is CC(=O)[O-].CC(=O)[O-].CC(=O)[O-].[Bi+3].[Bi+3].[Cl-].[Cl-].[Cl-]. The number of carbonyl (C=O) groups excluding carboxylic acids is 3. The Morgan fingerprint density at radius 1 is 0.588 bits per heavy atom. The van der Waals surface area contributed by atoms with Gasteiger partial charge in [-0.25, -0.2) is 0 Å². The normalized spacial score (nSPS) is 4.41. The second kappa shape index (κ2) is 43.5. The van der Waals surface area contributed by atoms with Crippen LogP contribution >= 0.6 is 0 Å². The summed E-state index contributed by atoms with van der Waals surface area (Å²) < 4.78 is 0. The van der Waals surface area contributed by atoms with Crippen LogP contribution in [0.15, 0.2) is 0 Å². The van der Waals surface area contributed by atoms with Crippen LogP contribution in [0.25, 0.3) is 0 Å². The summed E-state index contributed by atoms with van der Waals surface area (Å²) in [5.74, 6) is -3.25. The van der Waals surface area contributed by atoms with Gasteiger partial charge in [0.1, 0.15) is 0 Å². The molecule has 11 heteroatoms. The molecule has 0 N–H and O–H groups in total. The van der Waals surface area contributed by atoms with Crippen molar-refractivity contribution < 1.29 is 66.9 Å². The van der Waals surface area contributed by atoms with Crippen molar-refractivity contribution in [1.29, 1.82) is 0 Å². The first-order valence-electron chi connectivity index (χ1n) is 2.72. The molecule has 0 aromatic rings. The molecule has 6 nitrogen and oxygen atoms in total. The fraction of sp³-hybridized carbons (Fsp3) is 0.500. The zero-order valence-corrected chi connectivity index (χ0v) is 18.2. The maximum Gasteiger partial charge on any atom is 3.00 e. The molecule has 0 aliphatic rings. The van der Waals surface area contributed by atoms with Gasteiger partial charge in [-0.3, -0.25) is 0 Å². The van der Waals surface area contributed by atoms with Crippen molar-refractivity contribution in [2.24, 2.45) is 0 Å². The average molecular weight is 701 g/mol. The van der Waals surface area contributed by atoms with Gasteiger partial charge in [-0.05, 0) is 20.8 Å². The van der Waals surface area contributed by atoms with Crippen molar-refractivity contribution in [2.45, 2.75) is 20.8 Å². The van der Waals surface area contributed by atoms with E-state index in [4.69, 9.17) is 29.7 Å². The first-order valence-corrected chi connectivity index (χ1v) is 2.72. The van der Waals surface area contributed by atoms with Crippen molar-refractivity contribution in [1.82, 2.24) is 0 Å². The van der Waals surface area contributed by atoms with Crippen LogP contribution in [0.1, 0.15) is 20.8 Å². The number of hydrogen-bond donors (Lipinski definition) is 0.